The van der Waals surface area contributed by atoms with Crippen LogP contribution in [-0.4, -0.2) is 34.0 Å². The minimum Gasteiger partial charge on any atom is -0.392 e. The Bertz CT molecular complexity index is 564. The summed E-state index contributed by atoms with van der Waals surface area (Å²) in [5.74, 6) is 0.672. The molecular formula is C38H74O4. The molecule has 42 heavy (non-hydrogen) atoms. The van der Waals surface area contributed by atoms with Gasteiger partial charge in [0.2, 0.25) is 5.60 Å². The van der Waals surface area contributed by atoms with E-state index < -0.39 is 23.8 Å². The van der Waals surface area contributed by atoms with Crippen LogP contribution in [0, 0.1) is 11.8 Å². The third kappa shape index (κ3) is 24.7. The number of hydrogen-bond acceptors (Lipinski definition) is 4. The van der Waals surface area contributed by atoms with E-state index in [1.807, 2.05) is 0 Å². The number of unbranched alkanes of at least 4 members (excludes halogenated alkanes) is 22. The molecule has 0 aromatic heterocycles. The maximum Gasteiger partial charge on any atom is 0.204 e. The van der Waals surface area contributed by atoms with Crippen molar-refractivity contribution in [2.24, 2.45) is 11.8 Å². The second-order valence-corrected chi connectivity index (χ2v) is 14.2. The Morgan fingerprint density at radius 3 is 0.857 bits per heavy atom. The SMILES string of the molecule is CC(C)CCCCCCCCCCCCCCC(=O)C(O)(CO)C(=O)CCCCCCCCCCCCCCC(C)C. The molecule has 0 aromatic rings. The maximum atomic E-state index is 12.6. The Morgan fingerprint density at radius 1 is 0.429 bits per heavy atom. The normalized spacial score (nSPS) is 12.1. The highest BCUT2D eigenvalue weighted by atomic mass is 16.3. The van der Waals surface area contributed by atoms with Gasteiger partial charge in [0.15, 0.2) is 11.6 Å². The molecule has 0 saturated heterocycles. The predicted octanol–water partition coefficient (Wildman–Crippen LogP) is 11.1. The van der Waals surface area contributed by atoms with E-state index in [0.717, 1.165) is 37.5 Å². The fraction of sp³-hybridized carbons (Fsp3) is 0.947. The maximum absolute atomic E-state index is 12.6. The zero-order valence-electron chi connectivity index (χ0n) is 28.9. The van der Waals surface area contributed by atoms with Gasteiger partial charge in [-0.3, -0.25) is 9.59 Å². The Hall–Kier alpha value is -0.740. The van der Waals surface area contributed by atoms with Gasteiger partial charge in [-0.15, -0.1) is 0 Å². The van der Waals surface area contributed by atoms with E-state index in [-0.39, 0.29) is 12.8 Å². The minimum absolute atomic E-state index is 0.178. The van der Waals surface area contributed by atoms with E-state index in [4.69, 9.17) is 0 Å². The lowest BCUT2D eigenvalue weighted by atomic mass is 9.88. The van der Waals surface area contributed by atoms with Crippen LogP contribution in [0.15, 0.2) is 0 Å². The molecule has 250 valence electrons. The molecule has 4 nitrogen and oxygen atoms in total. The number of aliphatic hydroxyl groups excluding tert-OH is 1. The quantitative estimate of drug-likeness (QED) is 0.0585. The van der Waals surface area contributed by atoms with Crippen LogP contribution in [0.25, 0.3) is 0 Å². The molecule has 0 unspecified atom stereocenters. The van der Waals surface area contributed by atoms with Gasteiger partial charge in [0.1, 0.15) is 0 Å². The second-order valence-electron chi connectivity index (χ2n) is 14.2. The van der Waals surface area contributed by atoms with Crippen LogP contribution in [0.4, 0.5) is 0 Å². The molecule has 2 N–H and O–H groups in total. The molecule has 0 fully saturated rings. The zero-order valence-corrected chi connectivity index (χ0v) is 28.9. The Morgan fingerprint density at radius 2 is 0.643 bits per heavy atom. The fourth-order valence-electron chi connectivity index (χ4n) is 5.96. The first kappa shape index (κ1) is 41.3. The lowest BCUT2D eigenvalue weighted by Crippen LogP contribution is -2.49. The van der Waals surface area contributed by atoms with Gasteiger partial charge >= 0.3 is 0 Å². The van der Waals surface area contributed by atoms with Crippen molar-refractivity contribution in [3.05, 3.63) is 0 Å². The van der Waals surface area contributed by atoms with Crippen molar-refractivity contribution in [2.45, 2.75) is 213 Å². The monoisotopic (exact) mass is 595 g/mol. The summed E-state index contributed by atoms with van der Waals surface area (Å²) in [5.41, 5.74) is -2.19. The smallest absolute Gasteiger partial charge is 0.204 e. The first-order chi connectivity index (χ1) is 20.2. The largest absolute Gasteiger partial charge is 0.392 e. The van der Waals surface area contributed by atoms with Crippen LogP contribution in [0.2, 0.25) is 0 Å². The summed E-state index contributed by atoms with van der Waals surface area (Å²) in [6, 6.07) is 0. The van der Waals surface area contributed by atoms with Crippen molar-refractivity contribution in [3.8, 4) is 0 Å². The van der Waals surface area contributed by atoms with Gasteiger partial charge in [-0.2, -0.15) is 0 Å². The van der Waals surface area contributed by atoms with Crippen molar-refractivity contribution in [1.82, 2.24) is 0 Å². The predicted molar refractivity (Wildman–Crippen MR) is 181 cm³/mol. The highest BCUT2D eigenvalue weighted by molar-refractivity contribution is 6.10. The van der Waals surface area contributed by atoms with Gasteiger partial charge in [0.05, 0.1) is 6.61 Å². The van der Waals surface area contributed by atoms with Gasteiger partial charge in [0.25, 0.3) is 0 Å². The van der Waals surface area contributed by atoms with Crippen molar-refractivity contribution < 1.29 is 19.8 Å². The van der Waals surface area contributed by atoms with Crippen LogP contribution < -0.4 is 0 Å². The summed E-state index contributed by atoms with van der Waals surface area (Å²) in [6.07, 6.45) is 32.3. The summed E-state index contributed by atoms with van der Waals surface area (Å²) in [5, 5.41) is 20.3. The number of carbonyl (C=O) groups excluding carboxylic acids is 2. The second kappa shape index (κ2) is 29.0. The number of Topliss-reactive ketones (excluding diaryl/α,β-unsaturated/α-hetero) is 2. The molecule has 0 rings (SSSR count). The average molecular weight is 595 g/mol. The van der Waals surface area contributed by atoms with Crippen molar-refractivity contribution >= 4 is 11.6 Å². The van der Waals surface area contributed by atoms with E-state index in [0.29, 0.717) is 12.8 Å². The third-order valence-electron chi connectivity index (χ3n) is 9.02. The molecule has 0 bridgehead atoms. The minimum atomic E-state index is -2.19. The summed E-state index contributed by atoms with van der Waals surface area (Å²) < 4.78 is 0. The lowest BCUT2D eigenvalue weighted by Gasteiger charge is -2.23. The van der Waals surface area contributed by atoms with Gasteiger partial charge < -0.3 is 10.2 Å². The number of aliphatic hydroxyl groups is 2. The summed E-state index contributed by atoms with van der Waals surface area (Å²) >= 11 is 0. The topological polar surface area (TPSA) is 74.6 Å². The molecule has 0 aliphatic carbocycles. The molecule has 0 aliphatic heterocycles. The molecule has 0 amide bonds. The average Bonchev–Trinajstić information content (AvgIpc) is 2.96. The highest BCUT2D eigenvalue weighted by Gasteiger charge is 2.41. The van der Waals surface area contributed by atoms with Gasteiger partial charge in [-0.25, -0.2) is 0 Å². The first-order valence-electron chi connectivity index (χ1n) is 18.6. The van der Waals surface area contributed by atoms with Crippen molar-refractivity contribution in [2.75, 3.05) is 6.61 Å². The van der Waals surface area contributed by atoms with E-state index in [2.05, 4.69) is 27.7 Å². The Labute approximate surface area is 262 Å². The van der Waals surface area contributed by atoms with E-state index in [1.54, 1.807) is 0 Å². The van der Waals surface area contributed by atoms with Crippen molar-refractivity contribution in [1.29, 1.82) is 0 Å². The molecule has 0 aliphatic rings. The lowest BCUT2D eigenvalue weighted by molar-refractivity contribution is -0.155. The number of hydrogen-bond donors (Lipinski definition) is 2. The molecule has 0 aromatic carbocycles. The third-order valence-corrected chi connectivity index (χ3v) is 9.02. The molecule has 4 heteroatoms. The Balaban J connectivity index is 3.69. The van der Waals surface area contributed by atoms with E-state index in [9.17, 15) is 19.8 Å². The van der Waals surface area contributed by atoms with Gasteiger partial charge in [0, 0.05) is 12.8 Å². The van der Waals surface area contributed by atoms with Crippen LogP contribution in [0.5, 0.6) is 0 Å². The molecule has 0 radical (unpaired) electrons. The first-order valence-corrected chi connectivity index (χ1v) is 18.6. The molecule has 0 atom stereocenters. The summed E-state index contributed by atoms with van der Waals surface area (Å²) in [6.45, 7) is 8.42. The van der Waals surface area contributed by atoms with Crippen LogP contribution in [-0.2, 0) is 9.59 Å². The molecular weight excluding hydrogens is 520 g/mol. The van der Waals surface area contributed by atoms with Crippen LogP contribution in [0.3, 0.4) is 0 Å². The standard InChI is InChI=1S/C38H74O4/c1-34(2)29-25-21-17-13-9-5-7-11-15-19-23-27-31-36(40)38(42,33-39)37(41)32-28-24-20-16-12-8-6-10-14-18-22-26-30-35(3)4/h34-35,39,42H,5-33H2,1-4H3. The van der Waals surface area contributed by atoms with Crippen LogP contribution >= 0.6 is 0 Å². The van der Waals surface area contributed by atoms with E-state index in [1.165, 1.54) is 128 Å². The van der Waals surface area contributed by atoms with Gasteiger partial charge in [-0.1, -0.05) is 182 Å². The van der Waals surface area contributed by atoms with Crippen molar-refractivity contribution in [3.63, 3.8) is 0 Å². The molecule has 0 heterocycles. The number of rotatable bonds is 33. The van der Waals surface area contributed by atoms with Crippen LogP contribution in [0.1, 0.15) is 207 Å². The van der Waals surface area contributed by atoms with Gasteiger partial charge in [-0.05, 0) is 24.7 Å². The number of ketones is 2. The summed E-state index contributed by atoms with van der Waals surface area (Å²) in [7, 11) is 0. The summed E-state index contributed by atoms with van der Waals surface area (Å²) in [4.78, 5) is 25.2. The fourth-order valence-corrected chi connectivity index (χ4v) is 5.96. The number of carbonyl (C=O) groups is 2. The Kier molecular flexibility index (Phi) is 28.5. The highest BCUT2D eigenvalue weighted by Crippen LogP contribution is 2.20. The van der Waals surface area contributed by atoms with E-state index >= 15 is 0 Å². The zero-order chi connectivity index (χ0) is 31.3. The molecule has 0 saturated carbocycles. The molecule has 0 spiro atoms.